The zero-order valence-electron chi connectivity index (χ0n) is 16.0. The number of hydrogen-bond acceptors (Lipinski definition) is 5. The molecule has 0 spiro atoms. The lowest BCUT2D eigenvalue weighted by Gasteiger charge is -2.38. The Morgan fingerprint density at radius 2 is 2.00 bits per heavy atom. The number of aromatic nitrogens is 2. The van der Waals surface area contributed by atoms with Gasteiger partial charge in [0.05, 0.1) is 5.69 Å². The third-order valence-electron chi connectivity index (χ3n) is 6.15. The molecule has 7 heteroatoms. The molecule has 28 heavy (non-hydrogen) atoms. The summed E-state index contributed by atoms with van der Waals surface area (Å²) in [6, 6.07) is 8.09. The normalized spacial score (nSPS) is 19.8. The number of amides is 2. The SMILES string of the molecule is O=C1Nc2ccccc2CN1CC1CCN(c2ncnc3c2CNCC3)CC1. The quantitative estimate of drug-likeness (QED) is 0.858. The fourth-order valence-corrected chi connectivity index (χ4v) is 4.57. The molecule has 1 fully saturated rings. The van der Waals surface area contributed by atoms with Crippen molar-refractivity contribution >= 4 is 17.5 Å². The van der Waals surface area contributed by atoms with Gasteiger partial charge in [-0.1, -0.05) is 18.2 Å². The van der Waals surface area contributed by atoms with Gasteiger partial charge in [0.1, 0.15) is 12.1 Å². The number of anilines is 2. The number of carbonyl (C=O) groups is 1. The topological polar surface area (TPSA) is 73.4 Å². The first-order valence-corrected chi connectivity index (χ1v) is 10.2. The molecular formula is C21H26N6O. The maximum atomic E-state index is 12.5. The number of urea groups is 1. The molecule has 0 bridgehead atoms. The van der Waals surface area contributed by atoms with Crippen LogP contribution in [0.2, 0.25) is 0 Å². The molecule has 0 saturated carbocycles. The van der Waals surface area contributed by atoms with Crippen molar-refractivity contribution in [2.75, 3.05) is 36.4 Å². The molecule has 1 saturated heterocycles. The van der Waals surface area contributed by atoms with E-state index in [2.05, 4.69) is 31.6 Å². The van der Waals surface area contributed by atoms with E-state index in [0.29, 0.717) is 12.5 Å². The molecule has 5 rings (SSSR count). The van der Waals surface area contributed by atoms with Gasteiger partial charge in [-0.05, 0) is 30.4 Å². The predicted molar refractivity (Wildman–Crippen MR) is 108 cm³/mol. The van der Waals surface area contributed by atoms with Crippen LogP contribution in [0.3, 0.4) is 0 Å². The lowest BCUT2D eigenvalue weighted by atomic mass is 9.95. The third-order valence-corrected chi connectivity index (χ3v) is 6.15. The number of piperidine rings is 1. The van der Waals surface area contributed by atoms with E-state index < -0.39 is 0 Å². The average Bonchev–Trinajstić information content (AvgIpc) is 2.74. The van der Waals surface area contributed by atoms with Gasteiger partial charge in [-0.2, -0.15) is 0 Å². The fraction of sp³-hybridized carbons (Fsp3) is 0.476. The maximum absolute atomic E-state index is 12.5. The fourth-order valence-electron chi connectivity index (χ4n) is 4.57. The van der Waals surface area contributed by atoms with Gasteiger partial charge in [0.15, 0.2) is 0 Å². The number of hydrogen-bond donors (Lipinski definition) is 2. The lowest BCUT2D eigenvalue weighted by molar-refractivity contribution is 0.188. The second-order valence-corrected chi connectivity index (χ2v) is 7.95. The van der Waals surface area contributed by atoms with E-state index in [-0.39, 0.29) is 6.03 Å². The summed E-state index contributed by atoms with van der Waals surface area (Å²) in [4.78, 5) is 25.9. The van der Waals surface area contributed by atoms with E-state index in [1.807, 2.05) is 23.1 Å². The van der Waals surface area contributed by atoms with E-state index >= 15 is 0 Å². The predicted octanol–water partition coefficient (Wildman–Crippen LogP) is 2.39. The molecule has 2 aromatic rings. The van der Waals surface area contributed by atoms with Crippen LogP contribution in [0.1, 0.15) is 29.7 Å². The summed E-state index contributed by atoms with van der Waals surface area (Å²) in [6.07, 6.45) is 4.85. The van der Waals surface area contributed by atoms with Crippen LogP contribution in [0.15, 0.2) is 30.6 Å². The molecule has 0 aliphatic carbocycles. The Kier molecular flexibility index (Phi) is 4.60. The largest absolute Gasteiger partial charge is 0.356 e. The highest BCUT2D eigenvalue weighted by molar-refractivity contribution is 5.92. The molecule has 1 aromatic heterocycles. The van der Waals surface area contributed by atoms with Crippen LogP contribution in [0.25, 0.3) is 0 Å². The number of nitrogens with zero attached hydrogens (tertiary/aromatic N) is 4. The Hall–Kier alpha value is -2.67. The molecule has 3 aliphatic heterocycles. The van der Waals surface area contributed by atoms with Crippen molar-refractivity contribution in [3.63, 3.8) is 0 Å². The minimum absolute atomic E-state index is 0.0251. The van der Waals surface area contributed by atoms with E-state index in [9.17, 15) is 4.79 Å². The third kappa shape index (κ3) is 3.30. The van der Waals surface area contributed by atoms with Gasteiger partial charge in [-0.25, -0.2) is 14.8 Å². The highest BCUT2D eigenvalue weighted by Crippen LogP contribution is 2.29. The minimum Gasteiger partial charge on any atom is -0.356 e. The molecule has 3 aliphatic rings. The van der Waals surface area contributed by atoms with Gasteiger partial charge in [0, 0.05) is 56.9 Å². The van der Waals surface area contributed by atoms with E-state index in [1.165, 1.54) is 16.8 Å². The van der Waals surface area contributed by atoms with E-state index in [0.717, 1.165) is 63.5 Å². The maximum Gasteiger partial charge on any atom is 0.322 e. The van der Waals surface area contributed by atoms with E-state index in [4.69, 9.17) is 0 Å². The number of benzene rings is 1. The summed E-state index contributed by atoms with van der Waals surface area (Å²) in [5.74, 6) is 1.63. The van der Waals surface area contributed by atoms with Crippen molar-refractivity contribution in [3.8, 4) is 0 Å². The molecule has 1 aromatic carbocycles. The van der Waals surface area contributed by atoms with Gasteiger partial charge in [-0.3, -0.25) is 0 Å². The Morgan fingerprint density at radius 1 is 1.14 bits per heavy atom. The van der Waals surface area contributed by atoms with Crippen LogP contribution in [0.4, 0.5) is 16.3 Å². The molecule has 0 radical (unpaired) electrons. The van der Waals surface area contributed by atoms with Crippen LogP contribution in [0.5, 0.6) is 0 Å². The van der Waals surface area contributed by atoms with Gasteiger partial charge in [0.25, 0.3) is 0 Å². The minimum atomic E-state index is 0.0251. The number of carbonyl (C=O) groups excluding carboxylic acids is 1. The Morgan fingerprint density at radius 3 is 2.89 bits per heavy atom. The van der Waals surface area contributed by atoms with Crippen LogP contribution in [0, 0.1) is 5.92 Å². The van der Waals surface area contributed by atoms with Crippen molar-refractivity contribution in [1.82, 2.24) is 20.2 Å². The summed E-state index contributed by atoms with van der Waals surface area (Å²) < 4.78 is 0. The second kappa shape index (κ2) is 7.39. The first kappa shape index (κ1) is 17.4. The summed E-state index contributed by atoms with van der Waals surface area (Å²) >= 11 is 0. The van der Waals surface area contributed by atoms with Crippen molar-refractivity contribution in [3.05, 3.63) is 47.4 Å². The van der Waals surface area contributed by atoms with Crippen LogP contribution in [-0.4, -0.2) is 47.1 Å². The van der Waals surface area contributed by atoms with Gasteiger partial charge in [-0.15, -0.1) is 0 Å². The molecule has 7 nitrogen and oxygen atoms in total. The number of nitrogens with one attached hydrogen (secondary N) is 2. The number of fused-ring (bicyclic) bond motifs is 2. The van der Waals surface area contributed by atoms with Crippen molar-refractivity contribution in [2.45, 2.75) is 32.4 Å². The number of rotatable bonds is 3. The average molecular weight is 378 g/mol. The molecule has 2 N–H and O–H groups in total. The van der Waals surface area contributed by atoms with Gasteiger partial charge < -0.3 is 20.4 Å². The Labute approximate surface area is 165 Å². The van der Waals surface area contributed by atoms with Crippen molar-refractivity contribution in [2.24, 2.45) is 5.92 Å². The molecular weight excluding hydrogens is 352 g/mol. The number of para-hydroxylation sites is 1. The first-order valence-electron chi connectivity index (χ1n) is 10.2. The Balaban J connectivity index is 1.22. The summed E-state index contributed by atoms with van der Waals surface area (Å²) in [7, 11) is 0. The molecule has 4 heterocycles. The standard InChI is InChI=1S/C21H26N6O/c28-21-25-18-4-2-1-3-16(18)13-27(21)12-15-6-9-26(10-7-15)20-17-11-22-8-5-19(17)23-14-24-20/h1-4,14-15,22H,5-13H2,(H,25,28). The first-order chi connectivity index (χ1) is 13.8. The van der Waals surface area contributed by atoms with Crippen LogP contribution >= 0.6 is 0 Å². The van der Waals surface area contributed by atoms with Gasteiger partial charge in [0.2, 0.25) is 0 Å². The highest BCUT2D eigenvalue weighted by Gasteiger charge is 2.28. The molecule has 0 unspecified atom stereocenters. The molecule has 146 valence electrons. The van der Waals surface area contributed by atoms with Crippen LogP contribution < -0.4 is 15.5 Å². The zero-order valence-corrected chi connectivity index (χ0v) is 16.0. The second-order valence-electron chi connectivity index (χ2n) is 7.95. The summed E-state index contributed by atoms with van der Waals surface area (Å²) in [5, 5.41) is 6.46. The summed E-state index contributed by atoms with van der Waals surface area (Å²) in [5.41, 5.74) is 4.59. The summed E-state index contributed by atoms with van der Waals surface area (Å²) in [6.45, 7) is 5.34. The van der Waals surface area contributed by atoms with Gasteiger partial charge >= 0.3 is 6.03 Å². The monoisotopic (exact) mass is 378 g/mol. The van der Waals surface area contributed by atoms with E-state index in [1.54, 1.807) is 6.33 Å². The lowest BCUT2D eigenvalue weighted by Crippen LogP contribution is -2.44. The highest BCUT2D eigenvalue weighted by atomic mass is 16.2. The zero-order chi connectivity index (χ0) is 18.9. The Bertz CT molecular complexity index is 877. The van der Waals surface area contributed by atoms with Crippen molar-refractivity contribution in [1.29, 1.82) is 0 Å². The molecule has 2 amide bonds. The van der Waals surface area contributed by atoms with Crippen LogP contribution in [-0.2, 0) is 19.5 Å². The smallest absolute Gasteiger partial charge is 0.322 e. The molecule has 0 atom stereocenters. The van der Waals surface area contributed by atoms with Crippen molar-refractivity contribution < 1.29 is 4.79 Å².